The predicted molar refractivity (Wildman–Crippen MR) is 61.4 cm³/mol. The minimum atomic E-state index is -0.519. The summed E-state index contributed by atoms with van der Waals surface area (Å²) in [6.45, 7) is 6.06. The third-order valence-corrected chi connectivity index (χ3v) is 2.55. The number of ketones is 1. The van der Waals surface area contributed by atoms with Crippen LogP contribution in [0.5, 0.6) is 5.75 Å². The third kappa shape index (κ3) is 3.33. The van der Waals surface area contributed by atoms with Gasteiger partial charge in [0.2, 0.25) is 0 Å². The molecule has 3 heteroatoms. The largest absolute Gasteiger partial charge is 0.493 e. The highest BCUT2D eigenvalue weighted by molar-refractivity contribution is 5.94. The Bertz CT molecular complexity index is 374. The zero-order valence-electron chi connectivity index (χ0n) is 9.92. The van der Waals surface area contributed by atoms with E-state index >= 15 is 0 Å². The third-order valence-electron chi connectivity index (χ3n) is 2.55. The number of carbonyl (C=O) groups is 1. The topological polar surface area (TPSA) is 26.3 Å². The Morgan fingerprint density at radius 1 is 1.50 bits per heavy atom. The average Bonchev–Trinajstić information content (AvgIpc) is 2.25. The van der Waals surface area contributed by atoms with Crippen LogP contribution >= 0.6 is 0 Å². The van der Waals surface area contributed by atoms with Crippen molar-refractivity contribution in [1.82, 2.24) is 0 Å². The first kappa shape index (κ1) is 12.7. The molecule has 1 unspecified atom stereocenters. The van der Waals surface area contributed by atoms with E-state index < -0.39 is 5.82 Å². The molecule has 0 fully saturated rings. The van der Waals surface area contributed by atoms with E-state index in [0.29, 0.717) is 18.3 Å². The van der Waals surface area contributed by atoms with E-state index in [0.717, 1.165) is 6.42 Å². The summed E-state index contributed by atoms with van der Waals surface area (Å²) in [5.41, 5.74) is 0.107. The van der Waals surface area contributed by atoms with Crippen LogP contribution in [0, 0.1) is 11.7 Å². The molecule has 0 amide bonds. The molecule has 16 heavy (non-hydrogen) atoms. The van der Waals surface area contributed by atoms with Gasteiger partial charge in [-0.15, -0.1) is 0 Å². The first-order valence-electron chi connectivity index (χ1n) is 5.47. The maximum absolute atomic E-state index is 13.4. The highest BCUT2D eigenvalue weighted by Gasteiger charge is 2.08. The van der Waals surface area contributed by atoms with Crippen LogP contribution in [0.2, 0.25) is 0 Å². The summed E-state index contributed by atoms with van der Waals surface area (Å²) in [4.78, 5) is 11.0. The summed E-state index contributed by atoms with van der Waals surface area (Å²) in [6, 6.07) is 4.35. The molecule has 1 aromatic rings. The number of carbonyl (C=O) groups excluding carboxylic acids is 1. The first-order valence-corrected chi connectivity index (χ1v) is 5.47. The van der Waals surface area contributed by atoms with Gasteiger partial charge in [-0.1, -0.05) is 20.3 Å². The molecule has 0 aromatic heterocycles. The second-order valence-corrected chi connectivity index (χ2v) is 4.02. The number of hydrogen-bond donors (Lipinski definition) is 0. The lowest BCUT2D eigenvalue weighted by Crippen LogP contribution is -2.07. The van der Waals surface area contributed by atoms with Crippen molar-refractivity contribution in [1.29, 1.82) is 0 Å². The Labute approximate surface area is 95.4 Å². The van der Waals surface area contributed by atoms with Crippen molar-refractivity contribution in [2.24, 2.45) is 5.92 Å². The molecule has 0 aliphatic rings. The Morgan fingerprint density at radius 2 is 2.19 bits per heavy atom. The van der Waals surface area contributed by atoms with Gasteiger partial charge < -0.3 is 4.74 Å². The van der Waals surface area contributed by atoms with E-state index in [2.05, 4.69) is 13.8 Å². The van der Waals surface area contributed by atoms with Crippen LogP contribution in [0.15, 0.2) is 18.2 Å². The van der Waals surface area contributed by atoms with Crippen LogP contribution < -0.4 is 4.74 Å². The number of hydrogen-bond acceptors (Lipinski definition) is 2. The molecule has 0 saturated carbocycles. The minimum Gasteiger partial charge on any atom is -0.493 e. The van der Waals surface area contributed by atoms with Gasteiger partial charge in [-0.25, -0.2) is 4.39 Å². The maximum atomic E-state index is 13.4. The highest BCUT2D eigenvalue weighted by atomic mass is 19.1. The van der Waals surface area contributed by atoms with Gasteiger partial charge in [0, 0.05) is 6.07 Å². The fourth-order valence-electron chi connectivity index (χ4n) is 1.23. The van der Waals surface area contributed by atoms with Gasteiger partial charge in [0.1, 0.15) is 11.6 Å². The van der Waals surface area contributed by atoms with Crippen molar-refractivity contribution in [2.45, 2.75) is 27.2 Å². The molecule has 0 N–H and O–H groups in total. The van der Waals surface area contributed by atoms with Gasteiger partial charge in [-0.3, -0.25) is 4.79 Å². The lowest BCUT2D eigenvalue weighted by Gasteiger charge is -2.11. The van der Waals surface area contributed by atoms with E-state index in [9.17, 15) is 9.18 Å². The van der Waals surface area contributed by atoms with Crippen LogP contribution in [0.1, 0.15) is 37.6 Å². The quantitative estimate of drug-likeness (QED) is 0.716. The van der Waals surface area contributed by atoms with Crippen LogP contribution in [0.25, 0.3) is 0 Å². The zero-order chi connectivity index (χ0) is 12.1. The van der Waals surface area contributed by atoms with Gasteiger partial charge in [0.05, 0.1) is 12.2 Å². The Kier molecular flexibility index (Phi) is 4.47. The number of halogens is 1. The monoisotopic (exact) mass is 224 g/mol. The first-order chi connectivity index (χ1) is 7.54. The van der Waals surface area contributed by atoms with Crippen LogP contribution in [0.3, 0.4) is 0 Å². The van der Waals surface area contributed by atoms with Crippen molar-refractivity contribution in [3.05, 3.63) is 29.6 Å². The summed E-state index contributed by atoms with van der Waals surface area (Å²) in [5, 5.41) is 0. The predicted octanol–water partition coefficient (Wildman–Crippen LogP) is 3.45. The van der Waals surface area contributed by atoms with Crippen LogP contribution in [-0.2, 0) is 0 Å². The lowest BCUT2D eigenvalue weighted by atomic mass is 10.1. The van der Waals surface area contributed by atoms with Crippen molar-refractivity contribution in [3.8, 4) is 5.75 Å². The van der Waals surface area contributed by atoms with Gasteiger partial charge in [0.25, 0.3) is 0 Å². The maximum Gasteiger partial charge on any atom is 0.162 e. The van der Waals surface area contributed by atoms with E-state index in [1.54, 1.807) is 6.07 Å². The fourth-order valence-corrected chi connectivity index (χ4v) is 1.23. The summed E-state index contributed by atoms with van der Waals surface area (Å²) in [7, 11) is 0. The van der Waals surface area contributed by atoms with Crippen molar-refractivity contribution >= 4 is 5.78 Å². The summed E-state index contributed by atoms with van der Waals surface area (Å²) in [5.74, 6) is 0.124. The molecule has 0 heterocycles. The Hall–Kier alpha value is -1.38. The van der Waals surface area contributed by atoms with E-state index in [1.165, 1.54) is 19.1 Å². The van der Waals surface area contributed by atoms with Gasteiger partial charge >= 0.3 is 0 Å². The molecule has 0 spiro atoms. The fraction of sp³-hybridized carbons (Fsp3) is 0.462. The SMILES string of the molecule is CCC(C)COc1ccc(C(C)=O)c(F)c1. The van der Waals surface area contributed by atoms with Gasteiger partial charge in [-0.05, 0) is 25.0 Å². The standard InChI is InChI=1S/C13H17FO2/c1-4-9(2)8-16-11-5-6-12(10(3)15)13(14)7-11/h5-7,9H,4,8H2,1-3H3. The van der Waals surface area contributed by atoms with Gasteiger partial charge in [0.15, 0.2) is 5.78 Å². The second kappa shape index (κ2) is 5.64. The van der Waals surface area contributed by atoms with Crippen molar-refractivity contribution in [2.75, 3.05) is 6.61 Å². The molecule has 0 bridgehead atoms. The number of ether oxygens (including phenoxy) is 1. The highest BCUT2D eigenvalue weighted by Crippen LogP contribution is 2.18. The van der Waals surface area contributed by atoms with E-state index in [1.807, 2.05) is 0 Å². The van der Waals surface area contributed by atoms with E-state index in [-0.39, 0.29) is 11.3 Å². The summed E-state index contributed by atoms with van der Waals surface area (Å²) >= 11 is 0. The van der Waals surface area contributed by atoms with Gasteiger partial charge in [-0.2, -0.15) is 0 Å². The number of rotatable bonds is 5. The van der Waals surface area contributed by atoms with Crippen molar-refractivity contribution in [3.63, 3.8) is 0 Å². The summed E-state index contributed by atoms with van der Waals surface area (Å²) < 4.78 is 18.8. The molecule has 0 aliphatic carbocycles. The van der Waals surface area contributed by atoms with Crippen LogP contribution in [0.4, 0.5) is 4.39 Å². The molecular weight excluding hydrogens is 207 g/mol. The minimum absolute atomic E-state index is 0.107. The van der Waals surface area contributed by atoms with E-state index in [4.69, 9.17) is 4.74 Å². The van der Waals surface area contributed by atoms with Crippen LogP contribution in [-0.4, -0.2) is 12.4 Å². The second-order valence-electron chi connectivity index (χ2n) is 4.02. The smallest absolute Gasteiger partial charge is 0.162 e. The number of benzene rings is 1. The zero-order valence-corrected chi connectivity index (χ0v) is 9.92. The number of Topliss-reactive ketones (excluding diaryl/α,β-unsaturated/α-hetero) is 1. The van der Waals surface area contributed by atoms with Crippen molar-refractivity contribution < 1.29 is 13.9 Å². The Morgan fingerprint density at radius 3 is 2.69 bits per heavy atom. The molecule has 0 saturated heterocycles. The molecule has 0 aliphatic heterocycles. The molecule has 1 rings (SSSR count). The molecule has 1 atom stereocenters. The average molecular weight is 224 g/mol. The summed E-state index contributed by atoms with van der Waals surface area (Å²) in [6.07, 6.45) is 1.02. The molecule has 2 nitrogen and oxygen atoms in total. The Balaban J connectivity index is 2.70. The molecule has 0 radical (unpaired) electrons. The molecular formula is C13H17FO2. The lowest BCUT2D eigenvalue weighted by molar-refractivity contribution is 0.101. The molecule has 1 aromatic carbocycles. The molecule has 88 valence electrons. The normalized spacial score (nSPS) is 12.2.